The Labute approximate surface area is 362 Å². The van der Waals surface area contributed by atoms with Gasteiger partial charge in [-0.1, -0.05) is 164 Å². The average molecular weight is 850 g/mol. The van der Waals surface area contributed by atoms with Gasteiger partial charge in [0.15, 0.2) is 6.10 Å². The fourth-order valence-corrected chi connectivity index (χ4v) is 6.89. The van der Waals surface area contributed by atoms with Gasteiger partial charge in [-0.3, -0.25) is 18.6 Å². The molecule has 0 aliphatic rings. The lowest BCUT2D eigenvalue weighted by Gasteiger charge is -2.20. The summed E-state index contributed by atoms with van der Waals surface area (Å²) in [7, 11) is -0.739. The van der Waals surface area contributed by atoms with E-state index in [1.807, 2.05) is 19.0 Å². The quantitative estimate of drug-likeness (QED) is 0.0277. The van der Waals surface area contributed by atoms with E-state index >= 15 is 0 Å². The van der Waals surface area contributed by atoms with Crippen LogP contribution in [0.3, 0.4) is 0 Å². The first-order chi connectivity index (χ1) is 28.7. The van der Waals surface area contributed by atoms with Crippen molar-refractivity contribution in [2.75, 3.05) is 40.5 Å². The van der Waals surface area contributed by atoms with Crippen LogP contribution in [0.5, 0.6) is 0 Å². The number of hydrogen-bond donors (Lipinski definition) is 1. The standard InChI is InChI=1S/C49H88NO8P/c1-5-7-9-11-13-15-17-19-21-23-24-26-28-30-32-34-36-38-40-42-49(52)58-47(46-57-59(53,54)56-44-43-50(3)4)45-55-48(51)41-39-37-35-33-31-29-27-25-22-20-18-16-14-12-10-8-6-2/h13,15,19-22,27,29,33,35,47H,5-12,14,16-18,23-26,28,30-32,34,36-46H2,1-4H3,(H,53,54)/b15-13-,21-19-,22-20-,29-27-,35-33-. The van der Waals surface area contributed by atoms with E-state index in [1.165, 1.54) is 96.3 Å². The molecule has 0 spiro atoms. The maximum atomic E-state index is 12.7. The Hall–Kier alpha value is -2.29. The number of carbonyl (C=O) groups is 2. The number of unbranched alkanes of at least 4 members (excludes halogenated alkanes) is 19. The van der Waals surface area contributed by atoms with Crippen molar-refractivity contribution >= 4 is 19.8 Å². The van der Waals surface area contributed by atoms with E-state index in [0.29, 0.717) is 19.4 Å². The number of nitrogens with zero attached hydrogens (tertiary/aromatic N) is 1. The van der Waals surface area contributed by atoms with Crippen LogP contribution in [-0.4, -0.2) is 68.3 Å². The maximum Gasteiger partial charge on any atom is 0.472 e. The van der Waals surface area contributed by atoms with Crippen molar-refractivity contribution in [3.8, 4) is 0 Å². The van der Waals surface area contributed by atoms with E-state index in [-0.39, 0.29) is 26.1 Å². The minimum atomic E-state index is -4.38. The van der Waals surface area contributed by atoms with Gasteiger partial charge < -0.3 is 19.3 Å². The van der Waals surface area contributed by atoms with Gasteiger partial charge in [-0.15, -0.1) is 0 Å². The van der Waals surface area contributed by atoms with Crippen LogP contribution in [-0.2, 0) is 32.7 Å². The minimum absolute atomic E-state index is 0.00315. The molecule has 0 aromatic carbocycles. The van der Waals surface area contributed by atoms with Crippen LogP contribution in [0.1, 0.15) is 194 Å². The van der Waals surface area contributed by atoms with Gasteiger partial charge in [0, 0.05) is 19.4 Å². The molecule has 10 heteroatoms. The fourth-order valence-electron chi connectivity index (χ4n) is 6.14. The molecule has 0 bridgehead atoms. The predicted molar refractivity (Wildman–Crippen MR) is 247 cm³/mol. The molecule has 0 saturated carbocycles. The Morgan fingerprint density at radius 3 is 1.44 bits per heavy atom. The topological polar surface area (TPSA) is 112 Å². The number of carbonyl (C=O) groups excluding carboxylic acids is 2. The zero-order valence-corrected chi connectivity index (χ0v) is 39.1. The van der Waals surface area contributed by atoms with Gasteiger partial charge in [0.05, 0.1) is 13.2 Å². The van der Waals surface area contributed by atoms with E-state index < -0.39 is 32.5 Å². The predicted octanol–water partition coefficient (Wildman–Crippen LogP) is 13.9. The van der Waals surface area contributed by atoms with Crippen LogP contribution in [0.4, 0.5) is 0 Å². The van der Waals surface area contributed by atoms with E-state index in [9.17, 15) is 19.0 Å². The van der Waals surface area contributed by atoms with Crippen molar-refractivity contribution in [1.29, 1.82) is 0 Å². The van der Waals surface area contributed by atoms with Crippen LogP contribution in [0.25, 0.3) is 0 Å². The van der Waals surface area contributed by atoms with E-state index in [4.69, 9.17) is 18.5 Å². The third-order valence-electron chi connectivity index (χ3n) is 9.80. The number of hydrogen-bond acceptors (Lipinski definition) is 8. The van der Waals surface area contributed by atoms with Gasteiger partial charge in [0.25, 0.3) is 0 Å². The molecule has 9 nitrogen and oxygen atoms in total. The lowest BCUT2D eigenvalue weighted by molar-refractivity contribution is -0.161. The minimum Gasteiger partial charge on any atom is -0.462 e. The first-order valence-electron chi connectivity index (χ1n) is 23.6. The summed E-state index contributed by atoms with van der Waals surface area (Å²) in [5.74, 6) is -0.869. The molecule has 0 rings (SSSR count). The van der Waals surface area contributed by atoms with E-state index in [2.05, 4.69) is 74.6 Å². The molecule has 2 unspecified atom stereocenters. The first kappa shape index (κ1) is 56.7. The van der Waals surface area contributed by atoms with Crippen molar-refractivity contribution in [3.63, 3.8) is 0 Å². The monoisotopic (exact) mass is 850 g/mol. The molecule has 0 fully saturated rings. The number of rotatable bonds is 43. The molecule has 1 N–H and O–H groups in total. The van der Waals surface area contributed by atoms with Crippen LogP contribution in [0.2, 0.25) is 0 Å². The highest BCUT2D eigenvalue weighted by Crippen LogP contribution is 2.43. The highest BCUT2D eigenvalue weighted by molar-refractivity contribution is 7.47. The van der Waals surface area contributed by atoms with E-state index in [0.717, 1.165) is 57.8 Å². The average Bonchev–Trinajstić information content (AvgIpc) is 3.20. The molecule has 0 amide bonds. The maximum absolute atomic E-state index is 12.7. The van der Waals surface area contributed by atoms with Crippen molar-refractivity contribution < 1.29 is 37.6 Å². The van der Waals surface area contributed by atoms with Crippen LogP contribution >= 0.6 is 7.82 Å². The normalized spacial score (nSPS) is 13.9. The largest absolute Gasteiger partial charge is 0.472 e. The summed E-state index contributed by atoms with van der Waals surface area (Å²) in [5, 5.41) is 0. The van der Waals surface area contributed by atoms with Crippen molar-refractivity contribution in [2.24, 2.45) is 0 Å². The van der Waals surface area contributed by atoms with Gasteiger partial charge in [-0.05, 0) is 91.1 Å². The highest BCUT2D eigenvalue weighted by atomic mass is 31.2. The zero-order valence-electron chi connectivity index (χ0n) is 38.2. The molecular formula is C49H88NO8P. The number of ether oxygens (including phenoxy) is 2. The summed E-state index contributed by atoms with van der Waals surface area (Å²) in [5.41, 5.74) is 0. The number of likely N-dealkylation sites (N-methyl/N-ethyl adjacent to an activating group) is 1. The molecule has 0 radical (unpaired) electrons. The van der Waals surface area contributed by atoms with Gasteiger partial charge >= 0.3 is 19.8 Å². The number of esters is 2. The molecule has 0 aliphatic heterocycles. The Morgan fingerprint density at radius 2 is 0.932 bits per heavy atom. The fraction of sp³-hybridized carbons (Fsp3) is 0.755. The molecule has 0 saturated heterocycles. The van der Waals surface area contributed by atoms with Crippen molar-refractivity contribution in [1.82, 2.24) is 4.90 Å². The summed E-state index contributed by atoms with van der Waals surface area (Å²) in [6.07, 6.45) is 51.3. The summed E-state index contributed by atoms with van der Waals surface area (Å²) in [6, 6.07) is 0. The van der Waals surface area contributed by atoms with Crippen molar-refractivity contribution in [2.45, 2.75) is 200 Å². The molecular weight excluding hydrogens is 762 g/mol. The summed E-state index contributed by atoms with van der Waals surface area (Å²) in [4.78, 5) is 37.1. The van der Waals surface area contributed by atoms with Crippen LogP contribution in [0, 0.1) is 0 Å². The summed E-state index contributed by atoms with van der Waals surface area (Å²) in [6.45, 7) is 4.23. The van der Waals surface area contributed by atoms with Gasteiger partial charge in [0.1, 0.15) is 6.61 Å². The lowest BCUT2D eigenvalue weighted by atomic mass is 10.1. The zero-order chi connectivity index (χ0) is 43.3. The Morgan fingerprint density at radius 1 is 0.525 bits per heavy atom. The molecule has 0 heterocycles. The number of phosphoric acid groups is 1. The highest BCUT2D eigenvalue weighted by Gasteiger charge is 2.26. The lowest BCUT2D eigenvalue weighted by Crippen LogP contribution is -2.29. The van der Waals surface area contributed by atoms with Gasteiger partial charge in [0.2, 0.25) is 0 Å². The third-order valence-corrected chi connectivity index (χ3v) is 10.8. The van der Waals surface area contributed by atoms with Gasteiger partial charge in [-0.2, -0.15) is 0 Å². The SMILES string of the molecule is CCCCC/C=C\C/C=C\CCCCCCCCCCCC(=O)OC(COC(=O)CCC/C=C\C/C=C\C/C=C\CCCCCCCC)COP(=O)(O)OCCN(C)C. The summed E-state index contributed by atoms with van der Waals surface area (Å²) >= 11 is 0. The van der Waals surface area contributed by atoms with Crippen molar-refractivity contribution in [3.05, 3.63) is 60.8 Å². The summed E-state index contributed by atoms with van der Waals surface area (Å²) < 4.78 is 33.5. The van der Waals surface area contributed by atoms with Gasteiger partial charge in [-0.25, -0.2) is 4.57 Å². The van der Waals surface area contributed by atoms with Crippen LogP contribution in [0.15, 0.2) is 60.8 Å². The molecule has 342 valence electrons. The Balaban J connectivity index is 4.33. The first-order valence-corrected chi connectivity index (χ1v) is 25.1. The second-order valence-electron chi connectivity index (χ2n) is 15.9. The number of allylic oxidation sites excluding steroid dienone is 10. The second-order valence-corrected chi connectivity index (χ2v) is 17.4. The Bertz CT molecular complexity index is 1160. The molecule has 59 heavy (non-hydrogen) atoms. The molecule has 0 aliphatic carbocycles. The second kappa shape index (κ2) is 43.8. The van der Waals surface area contributed by atoms with Crippen LogP contribution < -0.4 is 0 Å². The number of phosphoric ester groups is 1. The van der Waals surface area contributed by atoms with E-state index in [1.54, 1.807) is 0 Å². The third kappa shape index (κ3) is 45.1. The molecule has 2 atom stereocenters. The smallest absolute Gasteiger partial charge is 0.462 e. The Kier molecular flexibility index (Phi) is 42.1. The molecule has 0 aromatic heterocycles. The molecule has 0 aromatic rings.